The third-order valence-corrected chi connectivity index (χ3v) is 2.97. The van der Waals surface area contributed by atoms with Gasteiger partial charge in [-0.2, -0.15) is 0 Å². The standard InChI is InChI=1S/C15H20N4/c1-3-19(12-13-7-5-4-6-8-13)15-11-17-14(9-16-2)10-18-15/h4-8,10-11,16H,3,9,12H2,1-2H3. The van der Waals surface area contributed by atoms with Crippen LogP contribution in [0.25, 0.3) is 0 Å². The molecule has 100 valence electrons. The summed E-state index contributed by atoms with van der Waals surface area (Å²) in [5, 5.41) is 3.07. The number of anilines is 1. The molecular formula is C15H20N4. The molecule has 0 bridgehead atoms. The Balaban J connectivity index is 2.08. The van der Waals surface area contributed by atoms with Crippen molar-refractivity contribution in [2.75, 3.05) is 18.5 Å². The van der Waals surface area contributed by atoms with Crippen LogP contribution >= 0.6 is 0 Å². The van der Waals surface area contributed by atoms with Gasteiger partial charge in [-0.3, -0.25) is 4.98 Å². The lowest BCUT2D eigenvalue weighted by Gasteiger charge is -2.21. The first-order chi connectivity index (χ1) is 9.33. The molecule has 0 atom stereocenters. The molecule has 2 aromatic rings. The van der Waals surface area contributed by atoms with Gasteiger partial charge >= 0.3 is 0 Å². The van der Waals surface area contributed by atoms with Gasteiger partial charge in [-0.05, 0) is 19.5 Å². The van der Waals surface area contributed by atoms with E-state index in [0.29, 0.717) is 0 Å². The van der Waals surface area contributed by atoms with E-state index in [4.69, 9.17) is 0 Å². The third kappa shape index (κ3) is 3.76. The second-order valence-corrected chi connectivity index (χ2v) is 4.40. The summed E-state index contributed by atoms with van der Waals surface area (Å²) in [5.41, 5.74) is 2.24. The van der Waals surface area contributed by atoms with E-state index in [0.717, 1.165) is 31.1 Å². The fraction of sp³-hybridized carbons (Fsp3) is 0.333. The topological polar surface area (TPSA) is 41.1 Å². The van der Waals surface area contributed by atoms with E-state index in [-0.39, 0.29) is 0 Å². The van der Waals surface area contributed by atoms with Crippen LogP contribution in [-0.4, -0.2) is 23.6 Å². The van der Waals surface area contributed by atoms with E-state index >= 15 is 0 Å². The average molecular weight is 256 g/mol. The van der Waals surface area contributed by atoms with Crippen LogP contribution in [0.5, 0.6) is 0 Å². The van der Waals surface area contributed by atoms with Crippen LogP contribution in [0, 0.1) is 0 Å². The molecule has 1 aromatic heterocycles. The molecule has 2 rings (SSSR count). The predicted molar refractivity (Wildman–Crippen MR) is 78.0 cm³/mol. The van der Waals surface area contributed by atoms with Gasteiger partial charge in [0.05, 0.1) is 18.1 Å². The van der Waals surface area contributed by atoms with Gasteiger partial charge in [-0.25, -0.2) is 4.98 Å². The molecule has 0 aliphatic rings. The number of benzene rings is 1. The molecule has 0 saturated heterocycles. The van der Waals surface area contributed by atoms with Crippen molar-refractivity contribution in [1.29, 1.82) is 0 Å². The maximum absolute atomic E-state index is 4.49. The molecular weight excluding hydrogens is 236 g/mol. The number of rotatable bonds is 6. The first kappa shape index (κ1) is 13.5. The summed E-state index contributed by atoms with van der Waals surface area (Å²) < 4.78 is 0. The van der Waals surface area contributed by atoms with Crippen LogP contribution in [0.1, 0.15) is 18.2 Å². The first-order valence-electron chi connectivity index (χ1n) is 6.58. The summed E-state index contributed by atoms with van der Waals surface area (Å²) in [6.45, 7) is 4.65. The van der Waals surface area contributed by atoms with Crippen molar-refractivity contribution >= 4 is 5.82 Å². The molecule has 1 N–H and O–H groups in total. The second kappa shape index (κ2) is 6.85. The van der Waals surface area contributed by atoms with Gasteiger partial charge < -0.3 is 10.2 Å². The molecule has 19 heavy (non-hydrogen) atoms. The van der Waals surface area contributed by atoms with Crippen LogP contribution in [0.2, 0.25) is 0 Å². The Bertz CT molecular complexity index is 481. The largest absolute Gasteiger partial charge is 0.351 e. The second-order valence-electron chi connectivity index (χ2n) is 4.40. The van der Waals surface area contributed by atoms with Crippen molar-refractivity contribution in [2.24, 2.45) is 0 Å². The first-order valence-corrected chi connectivity index (χ1v) is 6.58. The van der Waals surface area contributed by atoms with Crippen LogP contribution < -0.4 is 10.2 Å². The van der Waals surface area contributed by atoms with Crippen LogP contribution in [-0.2, 0) is 13.1 Å². The van der Waals surface area contributed by atoms with Gasteiger partial charge in [0.15, 0.2) is 0 Å². The third-order valence-electron chi connectivity index (χ3n) is 2.97. The van der Waals surface area contributed by atoms with E-state index in [1.54, 1.807) is 0 Å². The average Bonchev–Trinajstić information content (AvgIpc) is 2.47. The summed E-state index contributed by atoms with van der Waals surface area (Å²) in [4.78, 5) is 11.1. The molecule has 0 spiro atoms. The Morgan fingerprint density at radius 1 is 1.11 bits per heavy atom. The van der Waals surface area contributed by atoms with Crippen LogP contribution in [0.3, 0.4) is 0 Å². The number of aromatic nitrogens is 2. The maximum Gasteiger partial charge on any atom is 0.147 e. The smallest absolute Gasteiger partial charge is 0.147 e. The van der Waals surface area contributed by atoms with Crippen molar-refractivity contribution < 1.29 is 0 Å². The fourth-order valence-electron chi connectivity index (χ4n) is 1.94. The SMILES string of the molecule is CCN(Cc1ccccc1)c1cnc(CNC)cn1. The molecule has 1 heterocycles. The summed E-state index contributed by atoms with van der Waals surface area (Å²) >= 11 is 0. The zero-order valence-corrected chi connectivity index (χ0v) is 11.5. The van der Waals surface area contributed by atoms with Gasteiger partial charge in [0.25, 0.3) is 0 Å². The van der Waals surface area contributed by atoms with Crippen LogP contribution in [0.4, 0.5) is 5.82 Å². The van der Waals surface area contributed by atoms with Crippen molar-refractivity contribution in [1.82, 2.24) is 15.3 Å². The Kier molecular flexibility index (Phi) is 4.86. The highest BCUT2D eigenvalue weighted by Gasteiger charge is 2.07. The molecule has 0 aliphatic carbocycles. The number of hydrogen-bond donors (Lipinski definition) is 1. The molecule has 4 heteroatoms. The lowest BCUT2D eigenvalue weighted by Crippen LogP contribution is -2.23. The Morgan fingerprint density at radius 2 is 1.89 bits per heavy atom. The molecule has 0 amide bonds. The van der Waals surface area contributed by atoms with Gasteiger partial charge in [-0.1, -0.05) is 30.3 Å². The fourth-order valence-corrected chi connectivity index (χ4v) is 1.94. The van der Waals surface area contributed by atoms with Crippen LogP contribution in [0.15, 0.2) is 42.7 Å². The molecule has 0 fully saturated rings. The normalized spacial score (nSPS) is 10.4. The summed E-state index contributed by atoms with van der Waals surface area (Å²) in [6.07, 6.45) is 3.68. The highest BCUT2D eigenvalue weighted by atomic mass is 15.2. The zero-order valence-electron chi connectivity index (χ0n) is 11.5. The number of hydrogen-bond acceptors (Lipinski definition) is 4. The van der Waals surface area contributed by atoms with E-state index in [1.165, 1.54) is 5.56 Å². The molecule has 0 unspecified atom stereocenters. The molecule has 0 radical (unpaired) electrons. The number of nitrogens with zero attached hydrogens (tertiary/aromatic N) is 3. The molecule has 0 saturated carbocycles. The predicted octanol–water partition coefficient (Wildman–Crippen LogP) is 2.22. The summed E-state index contributed by atoms with van der Waals surface area (Å²) in [6, 6.07) is 10.4. The number of nitrogens with one attached hydrogen (secondary N) is 1. The minimum atomic E-state index is 0.748. The van der Waals surface area contributed by atoms with Crippen molar-refractivity contribution in [3.8, 4) is 0 Å². The molecule has 1 aromatic carbocycles. The minimum Gasteiger partial charge on any atom is -0.351 e. The van der Waals surface area contributed by atoms with Crippen molar-refractivity contribution in [3.63, 3.8) is 0 Å². The summed E-state index contributed by atoms with van der Waals surface area (Å²) in [5.74, 6) is 0.922. The van der Waals surface area contributed by atoms with E-state index in [2.05, 4.69) is 51.4 Å². The van der Waals surface area contributed by atoms with E-state index < -0.39 is 0 Å². The van der Waals surface area contributed by atoms with E-state index in [1.807, 2.05) is 25.5 Å². The Hall–Kier alpha value is -1.94. The lowest BCUT2D eigenvalue weighted by molar-refractivity contribution is 0.769. The molecule has 4 nitrogen and oxygen atoms in total. The lowest BCUT2D eigenvalue weighted by atomic mass is 10.2. The van der Waals surface area contributed by atoms with E-state index in [9.17, 15) is 0 Å². The Labute approximate surface area is 114 Å². The van der Waals surface area contributed by atoms with Gasteiger partial charge in [0.1, 0.15) is 5.82 Å². The highest BCUT2D eigenvalue weighted by Crippen LogP contribution is 2.13. The van der Waals surface area contributed by atoms with Crippen molar-refractivity contribution in [3.05, 3.63) is 54.0 Å². The monoisotopic (exact) mass is 256 g/mol. The minimum absolute atomic E-state index is 0.748. The Morgan fingerprint density at radius 3 is 2.47 bits per heavy atom. The molecule has 0 aliphatic heterocycles. The summed E-state index contributed by atoms with van der Waals surface area (Å²) in [7, 11) is 1.91. The zero-order chi connectivity index (χ0) is 13.5. The van der Waals surface area contributed by atoms with Crippen molar-refractivity contribution in [2.45, 2.75) is 20.0 Å². The van der Waals surface area contributed by atoms with Gasteiger partial charge in [-0.15, -0.1) is 0 Å². The van der Waals surface area contributed by atoms with Gasteiger partial charge in [0.2, 0.25) is 0 Å². The van der Waals surface area contributed by atoms with Gasteiger partial charge in [0, 0.05) is 19.6 Å². The maximum atomic E-state index is 4.49. The quantitative estimate of drug-likeness (QED) is 0.860. The highest BCUT2D eigenvalue weighted by molar-refractivity contribution is 5.37.